The van der Waals surface area contributed by atoms with Gasteiger partial charge in [0.1, 0.15) is 5.75 Å². The third kappa shape index (κ3) is 8.27. The molecule has 0 unspecified atom stereocenters. The third-order valence-corrected chi connectivity index (χ3v) is 7.92. The molecule has 1 atom stereocenters. The topological polar surface area (TPSA) is 144 Å². The van der Waals surface area contributed by atoms with Crippen molar-refractivity contribution in [3.63, 3.8) is 0 Å². The van der Waals surface area contributed by atoms with Crippen LogP contribution in [0.4, 0.5) is 27.8 Å². The summed E-state index contributed by atoms with van der Waals surface area (Å²) in [5.74, 6) is 1.52. The fourth-order valence-corrected chi connectivity index (χ4v) is 5.55. The number of hydrogen-bond donors (Lipinski definition) is 4. The normalized spacial score (nSPS) is 12.2. The number of amides is 2. The van der Waals surface area contributed by atoms with Crippen molar-refractivity contribution < 1.29 is 22.7 Å². The van der Waals surface area contributed by atoms with Gasteiger partial charge in [-0.05, 0) is 47.7 Å². The number of fused-ring (bicyclic) bond motifs is 1. The first-order chi connectivity index (χ1) is 22.3. The van der Waals surface area contributed by atoms with Gasteiger partial charge in [-0.15, -0.1) is 0 Å². The molecule has 1 heterocycles. The standard InChI is InChI=1S/C35H38N6O5S/c1-22(23-12-8-7-9-13-23)37-33-36-19-18-31(40-33)46-30-17-16-27(25-14-10-11-15-26(25)30)38-34(42)39-28-20-24(35(2,3)4)21-29(32(28)45-5)41-47(6,43)44/h7-22,41H,1-6H3,(H,36,37,40)(H2,38,39,42)/t22-/m0/s1. The summed E-state index contributed by atoms with van der Waals surface area (Å²) < 4.78 is 38.4. The van der Waals surface area contributed by atoms with Crippen LogP contribution in [0.15, 0.2) is 91.1 Å². The fourth-order valence-electron chi connectivity index (χ4n) is 5.00. The molecule has 1 aromatic heterocycles. The number of methoxy groups -OCH3 is 1. The summed E-state index contributed by atoms with van der Waals surface area (Å²) in [6.45, 7) is 8.00. The van der Waals surface area contributed by atoms with Crippen LogP contribution in [0.2, 0.25) is 0 Å². The second-order valence-corrected chi connectivity index (χ2v) is 13.8. The van der Waals surface area contributed by atoms with Crippen molar-refractivity contribution in [2.24, 2.45) is 0 Å². The Kier molecular flexibility index (Phi) is 9.52. The molecule has 0 radical (unpaired) electrons. The number of urea groups is 1. The number of rotatable bonds is 10. The zero-order valence-electron chi connectivity index (χ0n) is 27.1. The van der Waals surface area contributed by atoms with Crippen LogP contribution in [0.1, 0.15) is 44.9 Å². The fraction of sp³-hybridized carbons (Fsp3) is 0.229. The molecule has 4 aromatic carbocycles. The van der Waals surface area contributed by atoms with Crippen molar-refractivity contribution in [2.45, 2.75) is 39.2 Å². The van der Waals surface area contributed by atoms with Crippen molar-refractivity contribution in [1.82, 2.24) is 9.97 Å². The predicted octanol–water partition coefficient (Wildman–Crippen LogP) is 7.92. The maximum Gasteiger partial charge on any atom is 0.323 e. The van der Waals surface area contributed by atoms with Gasteiger partial charge >= 0.3 is 6.03 Å². The van der Waals surface area contributed by atoms with E-state index in [2.05, 4.69) is 30.6 Å². The van der Waals surface area contributed by atoms with Crippen LogP contribution < -0.4 is 30.1 Å². The van der Waals surface area contributed by atoms with Crippen LogP contribution in [0.25, 0.3) is 10.8 Å². The molecule has 47 heavy (non-hydrogen) atoms. The number of sulfonamides is 1. The summed E-state index contributed by atoms with van der Waals surface area (Å²) >= 11 is 0. The van der Waals surface area contributed by atoms with E-state index in [9.17, 15) is 13.2 Å². The number of benzene rings is 4. The van der Waals surface area contributed by atoms with Gasteiger partial charge in [0.2, 0.25) is 21.9 Å². The minimum absolute atomic E-state index is 0.0118. The summed E-state index contributed by atoms with van der Waals surface area (Å²) in [5.41, 5.74) is 2.62. The number of nitrogens with zero attached hydrogens (tertiary/aromatic N) is 2. The van der Waals surface area contributed by atoms with Gasteiger partial charge in [-0.1, -0.05) is 75.4 Å². The van der Waals surface area contributed by atoms with Gasteiger partial charge in [0.05, 0.1) is 36.5 Å². The maximum absolute atomic E-state index is 13.4. The number of aromatic nitrogens is 2. The van der Waals surface area contributed by atoms with E-state index in [1.165, 1.54) is 7.11 Å². The van der Waals surface area contributed by atoms with Crippen molar-refractivity contribution in [3.8, 4) is 17.4 Å². The molecule has 0 bridgehead atoms. The summed E-state index contributed by atoms with van der Waals surface area (Å²) in [5, 5.41) is 10.5. The van der Waals surface area contributed by atoms with Crippen molar-refractivity contribution in [3.05, 3.63) is 102 Å². The molecule has 244 valence electrons. The Hall–Kier alpha value is -5.36. The van der Waals surface area contributed by atoms with Crippen molar-refractivity contribution >= 4 is 49.8 Å². The van der Waals surface area contributed by atoms with Gasteiger partial charge in [0, 0.05) is 23.0 Å². The van der Waals surface area contributed by atoms with Gasteiger partial charge in [-0.25, -0.2) is 18.2 Å². The van der Waals surface area contributed by atoms with E-state index < -0.39 is 16.1 Å². The molecule has 0 aliphatic rings. The third-order valence-electron chi connectivity index (χ3n) is 7.32. The van der Waals surface area contributed by atoms with Gasteiger partial charge in [0.15, 0.2) is 5.75 Å². The number of anilines is 4. The first-order valence-electron chi connectivity index (χ1n) is 14.9. The Bertz CT molecular complexity index is 2010. The van der Waals surface area contributed by atoms with E-state index >= 15 is 0 Å². The molecule has 11 nitrogen and oxygen atoms in total. The molecule has 2 amide bonds. The smallest absolute Gasteiger partial charge is 0.323 e. The number of nitrogens with one attached hydrogen (secondary N) is 4. The SMILES string of the molecule is COc1c(NC(=O)Nc2ccc(Oc3ccnc(N[C@@H](C)c4ccccc4)n3)c3ccccc23)cc(C(C)(C)C)cc1NS(C)(=O)=O. The summed E-state index contributed by atoms with van der Waals surface area (Å²) in [6.07, 6.45) is 2.69. The monoisotopic (exact) mass is 654 g/mol. The molecule has 5 aromatic rings. The van der Waals surface area contributed by atoms with E-state index in [0.717, 1.165) is 28.2 Å². The van der Waals surface area contributed by atoms with Crippen LogP contribution in [0.3, 0.4) is 0 Å². The van der Waals surface area contributed by atoms with E-state index in [4.69, 9.17) is 9.47 Å². The number of carbonyl (C=O) groups excluding carboxylic acids is 1. The van der Waals surface area contributed by atoms with Crippen LogP contribution in [-0.4, -0.2) is 37.8 Å². The summed E-state index contributed by atoms with van der Waals surface area (Å²) in [4.78, 5) is 22.3. The highest BCUT2D eigenvalue weighted by atomic mass is 32.2. The Morgan fingerprint density at radius 1 is 0.851 bits per heavy atom. The zero-order chi connectivity index (χ0) is 33.8. The number of hydrogen-bond acceptors (Lipinski definition) is 8. The molecule has 4 N–H and O–H groups in total. The lowest BCUT2D eigenvalue weighted by molar-refractivity contribution is 0.262. The molecule has 0 aliphatic carbocycles. The van der Waals surface area contributed by atoms with E-state index in [-0.39, 0.29) is 22.9 Å². The molecule has 0 saturated heterocycles. The molecular weight excluding hydrogens is 616 g/mol. The largest absolute Gasteiger partial charge is 0.492 e. The van der Waals surface area contributed by atoms with Gasteiger partial charge in [0.25, 0.3) is 0 Å². The highest BCUT2D eigenvalue weighted by Crippen LogP contribution is 2.40. The van der Waals surface area contributed by atoms with Crippen LogP contribution in [0, 0.1) is 0 Å². The molecular formula is C35H38N6O5S. The molecule has 0 fully saturated rings. The second-order valence-electron chi connectivity index (χ2n) is 12.1. The minimum atomic E-state index is -3.62. The van der Waals surface area contributed by atoms with E-state index in [0.29, 0.717) is 29.0 Å². The first kappa shape index (κ1) is 33.0. The Morgan fingerprint density at radius 2 is 1.51 bits per heavy atom. The molecule has 0 saturated carbocycles. The quantitative estimate of drug-likeness (QED) is 0.119. The van der Waals surface area contributed by atoms with Crippen LogP contribution >= 0.6 is 0 Å². The van der Waals surface area contributed by atoms with Gasteiger partial charge < -0.3 is 25.4 Å². The van der Waals surface area contributed by atoms with E-state index in [1.807, 2.05) is 82.3 Å². The lowest BCUT2D eigenvalue weighted by Crippen LogP contribution is -2.22. The lowest BCUT2D eigenvalue weighted by Gasteiger charge is -2.24. The molecule has 12 heteroatoms. The van der Waals surface area contributed by atoms with Gasteiger partial charge in [-0.2, -0.15) is 4.98 Å². The van der Waals surface area contributed by atoms with Crippen molar-refractivity contribution in [1.29, 1.82) is 0 Å². The second kappa shape index (κ2) is 13.6. The summed E-state index contributed by atoms with van der Waals surface area (Å²) in [7, 11) is -2.21. The number of carbonyl (C=O) groups is 1. The molecule has 5 rings (SSSR count). The molecule has 0 spiro atoms. The maximum atomic E-state index is 13.4. The average molecular weight is 655 g/mol. The Balaban J connectivity index is 1.38. The van der Waals surface area contributed by atoms with Crippen LogP contribution in [0.5, 0.6) is 17.4 Å². The Morgan fingerprint density at radius 3 is 2.19 bits per heavy atom. The first-order valence-corrected chi connectivity index (χ1v) is 16.8. The van der Waals surface area contributed by atoms with E-state index in [1.54, 1.807) is 36.5 Å². The summed E-state index contributed by atoms with van der Waals surface area (Å²) in [6, 6.07) is 25.6. The minimum Gasteiger partial charge on any atom is -0.492 e. The molecule has 0 aliphatic heterocycles. The predicted molar refractivity (Wildman–Crippen MR) is 187 cm³/mol. The number of ether oxygens (including phenoxy) is 2. The van der Waals surface area contributed by atoms with Crippen LogP contribution in [-0.2, 0) is 15.4 Å². The average Bonchev–Trinajstić information content (AvgIpc) is 3.01. The highest BCUT2D eigenvalue weighted by Gasteiger charge is 2.22. The zero-order valence-corrected chi connectivity index (χ0v) is 27.9. The Labute approximate surface area is 274 Å². The van der Waals surface area contributed by atoms with Gasteiger partial charge in [-0.3, -0.25) is 4.72 Å². The lowest BCUT2D eigenvalue weighted by atomic mass is 9.86. The van der Waals surface area contributed by atoms with Crippen molar-refractivity contribution in [2.75, 3.05) is 34.0 Å². The highest BCUT2D eigenvalue weighted by molar-refractivity contribution is 7.92.